The SMILES string of the molecule is COc1cc(/C=N\NC(=O)c2cccc(NC(C)=O)c2)c(Br)cc1OCc1ccc(Cl)cc1Cl. The van der Waals surface area contributed by atoms with Gasteiger partial charge in [0, 0.05) is 43.8 Å². The minimum Gasteiger partial charge on any atom is -0.493 e. The first kappa shape index (κ1) is 25.6. The van der Waals surface area contributed by atoms with Gasteiger partial charge in [-0.2, -0.15) is 5.10 Å². The maximum Gasteiger partial charge on any atom is 0.271 e. The van der Waals surface area contributed by atoms with Gasteiger partial charge < -0.3 is 14.8 Å². The number of methoxy groups -OCH3 is 1. The van der Waals surface area contributed by atoms with E-state index in [9.17, 15) is 9.59 Å². The van der Waals surface area contributed by atoms with Crippen molar-refractivity contribution in [2.24, 2.45) is 5.10 Å². The molecule has 3 aromatic rings. The van der Waals surface area contributed by atoms with E-state index < -0.39 is 5.91 Å². The molecule has 2 N–H and O–H groups in total. The molecular weight excluding hydrogens is 545 g/mol. The summed E-state index contributed by atoms with van der Waals surface area (Å²) in [6.45, 7) is 1.62. The van der Waals surface area contributed by atoms with Gasteiger partial charge in [-0.25, -0.2) is 5.43 Å². The number of nitrogens with zero attached hydrogens (tertiary/aromatic N) is 1. The third-order valence-corrected chi connectivity index (χ3v) is 5.77. The number of amides is 2. The van der Waals surface area contributed by atoms with Crippen molar-refractivity contribution in [3.63, 3.8) is 0 Å². The summed E-state index contributed by atoms with van der Waals surface area (Å²) in [4.78, 5) is 23.6. The molecule has 0 atom stereocenters. The fraction of sp³-hybridized carbons (Fsp3) is 0.125. The smallest absolute Gasteiger partial charge is 0.271 e. The molecule has 10 heteroatoms. The van der Waals surface area contributed by atoms with E-state index in [0.717, 1.165) is 5.56 Å². The highest BCUT2D eigenvalue weighted by atomic mass is 79.9. The number of nitrogens with one attached hydrogen (secondary N) is 2. The molecule has 0 saturated heterocycles. The van der Waals surface area contributed by atoms with Crippen LogP contribution in [0, 0.1) is 0 Å². The summed E-state index contributed by atoms with van der Waals surface area (Å²) in [5, 5.41) is 7.70. The van der Waals surface area contributed by atoms with Crippen LogP contribution in [0.15, 0.2) is 64.2 Å². The third-order valence-electron chi connectivity index (χ3n) is 4.50. The van der Waals surface area contributed by atoms with Crippen LogP contribution in [0.3, 0.4) is 0 Å². The zero-order chi connectivity index (χ0) is 24.7. The van der Waals surface area contributed by atoms with Crippen LogP contribution in [0.1, 0.15) is 28.4 Å². The van der Waals surface area contributed by atoms with Crippen LogP contribution >= 0.6 is 39.1 Å². The summed E-state index contributed by atoms with van der Waals surface area (Å²) in [6.07, 6.45) is 1.47. The summed E-state index contributed by atoms with van der Waals surface area (Å²) in [5.74, 6) is 0.324. The number of carbonyl (C=O) groups is 2. The van der Waals surface area contributed by atoms with Crippen molar-refractivity contribution in [2.45, 2.75) is 13.5 Å². The molecule has 0 aliphatic rings. The lowest BCUT2D eigenvalue weighted by molar-refractivity contribution is -0.114. The van der Waals surface area contributed by atoms with Gasteiger partial charge in [0.05, 0.1) is 13.3 Å². The molecule has 0 aliphatic carbocycles. The van der Waals surface area contributed by atoms with Crippen LogP contribution in [0.25, 0.3) is 0 Å². The summed E-state index contributed by atoms with van der Waals surface area (Å²) in [7, 11) is 1.52. The number of anilines is 1. The zero-order valence-electron chi connectivity index (χ0n) is 18.2. The summed E-state index contributed by atoms with van der Waals surface area (Å²) in [5.41, 5.74) is 4.77. The standard InChI is InChI=1S/C24H20BrCl2N3O4/c1-14(31)29-19-5-3-4-15(8-19)24(32)30-28-12-17-9-22(33-2)23(11-20(17)25)34-13-16-6-7-18(26)10-21(16)27/h3-12H,13H2,1-2H3,(H,29,31)(H,30,32)/b28-12-. The molecule has 0 heterocycles. The Hall–Kier alpha value is -3.07. The average Bonchev–Trinajstić information content (AvgIpc) is 2.79. The Morgan fingerprint density at radius 2 is 1.88 bits per heavy atom. The molecule has 0 radical (unpaired) electrons. The van der Waals surface area contributed by atoms with Gasteiger partial charge in [-0.05, 0) is 58.4 Å². The molecule has 0 spiro atoms. The molecule has 0 aliphatic heterocycles. The first-order valence-corrected chi connectivity index (χ1v) is 11.5. The fourth-order valence-electron chi connectivity index (χ4n) is 2.88. The van der Waals surface area contributed by atoms with Gasteiger partial charge in [0.15, 0.2) is 11.5 Å². The van der Waals surface area contributed by atoms with Crippen molar-refractivity contribution in [1.29, 1.82) is 0 Å². The lowest BCUT2D eigenvalue weighted by Gasteiger charge is -2.13. The largest absolute Gasteiger partial charge is 0.493 e. The highest BCUT2D eigenvalue weighted by Gasteiger charge is 2.12. The molecule has 2 amide bonds. The first-order chi connectivity index (χ1) is 16.3. The van der Waals surface area contributed by atoms with Gasteiger partial charge in [0.1, 0.15) is 6.61 Å². The Kier molecular flexibility index (Phi) is 8.92. The van der Waals surface area contributed by atoms with E-state index in [2.05, 4.69) is 31.8 Å². The molecule has 0 saturated carbocycles. The Morgan fingerprint density at radius 3 is 2.59 bits per heavy atom. The normalized spacial score (nSPS) is 10.7. The fourth-order valence-corrected chi connectivity index (χ4v) is 3.77. The number of hydrogen-bond acceptors (Lipinski definition) is 5. The van der Waals surface area contributed by atoms with E-state index in [4.69, 9.17) is 32.7 Å². The van der Waals surface area contributed by atoms with Crippen molar-refractivity contribution in [3.8, 4) is 11.5 Å². The number of rotatable bonds is 8. The Labute approximate surface area is 215 Å². The van der Waals surface area contributed by atoms with E-state index in [-0.39, 0.29) is 12.5 Å². The Morgan fingerprint density at radius 1 is 1.09 bits per heavy atom. The van der Waals surface area contributed by atoms with Gasteiger partial charge in [-0.3, -0.25) is 9.59 Å². The Bertz CT molecular complexity index is 1250. The first-order valence-electron chi connectivity index (χ1n) is 9.92. The molecule has 34 heavy (non-hydrogen) atoms. The Balaban J connectivity index is 1.69. The van der Waals surface area contributed by atoms with E-state index in [1.54, 1.807) is 54.6 Å². The highest BCUT2D eigenvalue weighted by Crippen LogP contribution is 2.34. The molecule has 3 rings (SSSR count). The van der Waals surface area contributed by atoms with Crippen LogP contribution in [0.2, 0.25) is 10.0 Å². The third kappa shape index (κ3) is 6.96. The van der Waals surface area contributed by atoms with Gasteiger partial charge in [0.2, 0.25) is 5.91 Å². The quantitative estimate of drug-likeness (QED) is 0.257. The number of carbonyl (C=O) groups excluding carboxylic acids is 2. The zero-order valence-corrected chi connectivity index (χ0v) is 21.3. The van der Waals surface area contributed by atoms with Crippen molar-refractivity contribution in [2.75, 3.05) is 12.4 Å². The molecule has 0 bridgehead atoms. The summed E-state index contributed by atoms with van der Waals surface area (Å²) >= 11 is 15.6. The minimum absolute atomic E-state index is 0.222. The van der Waals surface area contributed by atoms with Crippen molar-refractivity contribution >= 4 is 62.8 Å². The van der Waals surface area contributed by atoms with Gasteiger partial charge >= 0.3 is 0 Å². The maximum atomic E-state index is 12.4. The minimum atomic E-state index is -0.425. The second kappa shape index (κ2) is 11.9. The second-order valence-corrected chi connectivity index (χ2v) is 8.71. The van der Waals surface area contributed by atoms with Crippen LogP contribution in [0.4, 0.5) is 5.69 Å². The van der Waals surface area contributed by atoms with Crippen molar-refractivity contribution in [3.05, 3.63) is 85.8 Å². The predicted octanol–water partition coefficient (Wildman–Crippen LogP) is 6.07. The van der Waals surface area contributed by atoms with E-state index in [0.29, 0.717) is 42.8 Å². The van der Waals surface area contributed by atoms with Crippen LogP contribution in [0.5, 0.6) is 11.5 Å². The average molecular weight is 565 g/mol. The van der Waals surface area contributed by atoms with Gasteiger partial charge in [0.25, 0.3) is 5.91 Å². The van der Waals surface area contributed by atoms with Gasteiger partial charge in [-0.1, -0.05) is 35.3 Å². The number of hydrogen-bond donors (Lipinski definition) is 2. The van der Waals surface area contributed by atoms with Crippen molar-refractivity contribution < 1.29 is 19.1 Å². The van der Waals surface area contributed by atoms with Crippen molar-refractivity contribution in [1.82, 2.24) is 5.43 Å². The number of halogens is 3. The molecule has 3 aromatic carbocycles. The predicted molar refractivity (Wildman–Crippen MR) is 137 cm³/mol. The number of hydrazone groups is 1. The van der Waals surface area contributed by atoms with Gasteiger partial charge in [-0.15, -0.1) is 0 Å². The summed E-state index contributed by atoms with van der Waals surface area (Å²) in [6, 6.07) is 15.2. The maximum absolute atomic E-state index is 12.4. The molecule has 0 fully saturated rings. The van der Waals surface area contributed by atoms with E-state index >= 15 is 0 Å². The lowest BCUT2D eigenvalue weighted by Crippen LogP contribution is -2.18. The number of ether oxygens (including phenoxy) is 2. The second-order valence-electron chi connectivity index (χ2n) is 7.01. The van der Waals surface area contributed by atoms with Crippen LogP contribution < -0.4 is 20.2 Å². The highest BCUT2D eigenvalue weighted by molar-refractivity contribution is 9.10. The molecule has 0 unspecified atom stereocenters. The van der Waals surface area contributed by atoms with E-state index in [1.807, 2.05) is 0 Å². The molecule has 0 aromatic heterocycles. The monoisotopic (exact) mass is 563 g/mol. The molecular formula is C24H20BrCl2N3O4. The van der Waals surface area contributed by atoms with Crippen LogP contribution in [-0.4, -0.2) is 25.1 Å². The molecule has 7 nitrogen and oxygen atoms in total. The van der Waals surface area contributed by atoms with E-state index in [1.165, 1.54) is 20.2 Å². The molecule has 176 valence electrons. The lowest BCUT2D eigenvalue weighted by atomic mass is 10.2. The summed E-state index contributed by atoms with van der Waals surface area (Å²) < 4.78 is 12.0. The van der Waals surface area contributed by atoms with Crippen LogP contribution in [-0.2, 0) is 11.4 Å². The topological polar surface area (TPSA) is 89.0 Å². The number of benzene rings is 3.